The van der Waals surface area contributed by atoms with E-state index in [1.165, 1.54) is 5.57 Å². The summed E-state index contributed by atoms with van der Waals surface area (Å²) in [5.74, 6) is 0. The van der Waals surface area contributed by atoms with Crippen LogP contribution in [0, 0.1) is 13.8 Å². The van der Waals surface area contributed by atoms with E-state index in [1.54, 1.807) is 0 Å². The van der Waals surface area contributed by atoms with E-state index in [1.807, 2.05) is 0 Å². The van der Waals surface area contributed by atoms with Gasteiger partial charge in [0.2, 0.25) is 0 Å². The van der Waals surface area contributed by atoms with Gasteiger partial charge in [0.15, 0.2) is 0 Å². The van der Waals surface area contributed by atoms with E-state index in [4.69, 9.17) is 0 Å². The Morgan fingerprint density at radius 1 is 1.44 bits per heavy atom. The van der Waals surface area contributed by atoms with Crippen LogP contribution in [-0.4, -0.2) is 0 Å². The largest absolute Gasteiger partial charge is 0.343 e. The minimum Gasteiger partial charge on any atom is -0.343 e. The summed E-state index contributed by atoms with van der Waals surface area (Å²) in [6.45, 7) is 9.58. The zero-order valence-electron chi connectivity index (χ0n) is 6.19. The van der Waals surface area contributed by atoms with E-state index in [2.05, 4.69) is 26.8 Å². The first-order valence-corrected chi connectivity index (χ1v) is 3.07. The van der Waals surface area contributed by atoms with Crippen LogP contribution >= 0.6 is 0 Å². The minimum absolute atomic E-state index is 0. The SMILES string of the molecule is [CH2-]CC/C(=C\C)C[CH2-].[Y]. The molecule has 0 unspecified atom stereocenters. The van der Waals surface area contributed by atoms with Gasteiger partial charge in [-0.25, -0.2) is 0 Å². The molecule has 0 fully saturated rings. The molecule has 0 rings (SSSR count). The van der Waals surface area contributed by atoms with Crippen LogP contribution in [0.2, 0.25) is 0 Å². The molecule has 0 amide bonds. The van der Waals surface area contributed by atoms with Gasteiger partial charge < -0.3 is 13.8 Å². The molecule has 51 valence electrons. The van der Waals surface area contributed by atoms with Crippen molar-refractivity contribution in [2.45, 2.75) is 26.2 Å². The molecule has 0 heterocycles. The average Bonchev–Trinajstić information content (AvgIpc) is 1.83. The van der Waals surface area contributed by atoms with Crippen LogP contribution in [0.5, 0.6) is 0 Å². The average molecular weight is 199 g/mol. The smallest absolute Gasteiger partial charge is 0 e. The molecular weight excluding hydrogens is 185 g/mol. The Morgan fingerprint density at radius 3 is 2.11 bits per heavy atom. The number of hydrogen-bond acceptors (Lipinski definition) is 0. The van der Waals surface area contributed by atoms with E-state index >= 15 is 0 Å². The fourth-order valence-electron chi connectivity index (χ4n) is 0.641. The van der Waals surface area contributed by atoms with Gasteiger partial charge in [0, 0.05) is 32.7 Å². The van der Waals surface area contributed by atoms with Crippen LogP contribution in [0.4, 0.5) is 0 Å². The molecule has 0 aliphatic heterocycles. The summed E-state index contributed by atoms with van der Waals surface area (Å²) in [7, 11) is 0. The summed E-state index contributed by atoms with van der Waals surface area (Å²) in [5, 5.41) is 0. The van der Waals surface area contributed by atoms with Crippen molar-refractivity contribution >= 4 is 0 Å². The number of rotatable bonds is 3. The Hall–Kier alpha value is 0.844. The van der Waals surface area contributed by atoms with Crippen LogP contribution in [0.25, 0.3) is 0 Å². The van der Waals surface area contributed by atoms with Crippen molar-refractivity contribution in [3.63, 3.8) is 0 Å². The Labute approximate surface area is 84.0 Å². The number of allylic oxidation sites excluding steroid dienone is 2. The van der Waals surface area contributed by atoms with Gasteiger partial charge in [-0.05, 0) is 6.92 Å². The van der Waals surface area contributed by atoms with E-state index < -0.39 is 0 Å². The van der Waals surface area contributed by atoms with Gasteiger partial charge in [-0.2, -0.15) is 12.8 Å². The van der Waals surface area contributed by atoms with Crippen molar-refractivity contribution in [3.8, 4) is 0 Å². The van der Waals surface area contributed by atoms with Crippen LogP contribution in [0.3, 0.4) is 0 Å². The molecule has 0 nitrogen and oxygen atoms in total. The summed E-state index contributed by atoms with van der Waals surface area (Å²) >= 11 is 0. The van der Waals surface area contributed by atoms with Gasteiger partial charge in [-0.1, -0.05) is 12.5 Å². The first kappa shape index (κ1) is 12.5. The molecule has 1 heteroatoms. The summed E-state index contributed by atoms with van der Waals surface area (Å²) in [6.07, 6.45) is 5.17. The molecule has 0 saturated carbocycles. The van der Waals surface area contributed by atoms with Crippen molar-refractivity contribution in [1.29, 1.82) is 0 Å². The van der Waals surface area contributed by atoms with E-state index in [0.717, 1.165) is 19.3 Å². The van der Waals surface area contributed by atoms with E-state index in [0.29, 0.717) is 0 Å². The van der Waals surface area contributed by atoms with Crippen LogP contribution < -0.4 is 0 Å². The van der Waals surface area contributed by atoms with Crippen LogP contribution in [0.1, 0.15) is 26.2 Å². The minimum atomic E-state index is 0. The second-order valence-corrected chi connectivity index (χ2v) is 1.80. The van der Waals surface area contributed by atoms with Gasteiger partial charge in [-0.15, -0.1) is 5.57 Å². The molecule has 0 aliphatic carbocycles. The molecule has 0 aliphatic rings. The summed E-state index contributed by atoms with van der Waals surface area (Å²) < 4.78 is 0. The normalized spacial score (nSPS) is 10.8. The van der Waals surface area contributed by atoms with Gasteiger partial charge in [-0.3, -0.25) is 0 Å². The second-order valence-electron chi connectivity index (χ2n) is 1.80. The van der Waals surface area contributed by atoms with Gasteiger partial charge in [0.05, 0.1) is 0 Å². The maximum Gasteiger partial charge on any atom is 0 e. The predicted octanol–water partition coefficient (Wildman–Crippen LogP) is 2.77. The topological polar surface area (TPSA) is 0 Å². The third-order valence-electron chi connectivity index (χ3n) is 1.23. The molecule has 0 atom stereocenters. The van der Waals surface area contributed by atoms with Gasteiger partial charge >= 0.3 is 0 Å². The Morgan fingerprint density at radius 2 is 2.00 bits per heavy atom. The monoisotopic (exact) mass is 199 g/mol. The molecule has 0 aromatic heterocycles. The zero-order valence-corrected chi connectivity index (χ0v) is 9.03. The molecule has 0 saturated heterocycles. The first-order valence-electron chi connectivity index (χ1n) is 3.07. The van der Waals surface area contributed by atoms with Crippen LogP contribution in [-0.2, 0) is 32.7 Å². The van der Waals surface area contributed by atoms with Crippen LogP contribution in [0.15, 0.2) is 11.6 Å². The molecular formula is C8H14Y-2. The molecule has 0 spiro atoms. The van der Waals surface area contributed by atoms with E-state index in [-0.39, 0.29) is 32.7 Å². The predicted molar refractivity (Wildman–Crippen MR) is 38.3 cm³/mol. The van der Waals surface area contributed by atoms with Crippen molar-refractivity contribution in [2.24, 2.45) is 0 Å². The molecule has 0 N–H and O–H groups in total. The first-order chi connectivity index (χ1) is 3.85. The van der Waals surface area contributed by atoms with Crippen molar-refractivity contribution < 1.29 is 32.7 Å². The van der Waals surface area contributed by atoms with Gasteiger partial charge in [0.1, 0.15) is 0 Å². The number of hydrogen-bond donors (Lipinski definition) is 0. The molecule has 0 bridgehead atoms. The fourth-order valence-corrected chi connectivity index (χ4v) is 0.641. The summed E-state index contributed by atoms with van der Waals surface area (Å²) in [4.78, 5) is 0. The Balaban J connectivity index is 0. The Kier molecular flexibility index (Phi) is 12.3. The van der Waals surface area contributed by atoms with Crippen molar-refractivity contribution in [1.82, 2.24) is 0 Å². The van der Waals surface area contributed by atoms with Gasteiger partial charge in [0.25, 0.3) is 0 Å². The summed E-state index contributed by atoms with van der Waals surface area (Å²) in [5.41, 5.74) is 1.42. The zero-order chi connectivity index (χ0) is 6.41. The Bertz CT molecular complexity index is 74.6. The maximum atomic E-state index is 3.78. The molecule has 1 radical (unpaired) electrons. The molecule has 0 aromatic carbocycles. The standard InChI is InChI=1S/C8H14.Y/c1-4-7-8(5-2)6-3;/h6H,1-2,4-5,7H2,3H3;/q-2;/b8-6-;. The summed E-state index contributed by atoms with van der Waals surface area (Å²) in [6, 6.07) is 0. The quantitative estimate of drug-likeness (QED) is 0.484. The second kappa shape index (κ2) is 8.84. The molecule has 0 aromatic rings. The van der Waals surface area contributed by atoms with Crippen molar-refractivity contribution in [3.05, 3.63) is 25.5 Å². The molecule has 9 heavy (non-hydrogen) atoms. The maximum absolute atomic E-state index is 3.78. The third kappa shape index (κ3) is 6.73. The van der Waals surface area contributed by atoms with Crippen molar-refractivity contribution in [2.75, 3.05) is 0 Å². The van der Waals surface area contributed by atoms with E-state index in [9.17, 15) is 0 Å². The third-order valence-corrected chi connectivity index (χ3v) is 1.23. The fraction of sp³-hybridized carbons (Fsp3) is 0.500.